The summed E-state index contributed by atoms with van der Waals surface area (Å²) in [4.78, 5) is 4.27. The van der Waals surface area contributed by atoms with Gasteiger partial charge in [-0.25, -0.2) is 0 Å². The Bertz CT molecular complexity index is 463. The zero-order valence-corrected chi connectivity index (χ0v) is 9.24. The van der Waals surface area contributed by atoms with E-state index in [0.29, 0.717) is 0 Å². The summed E-state index contributed by atoms with van der Waals surface area (Å²) >= 11 is 3.36. The van der Waals surface area contributed by atoms with Crippen molar-refractivity contribution in [2.75, 3.05) is 5.33 Å². The minimum Gasteiger partial charge on any atom is -0.256 e. The van der Waals surface area contributed by atoms with Gasteiger partial charge in [0.05, 0.1) is 5.52 Å². The van der Waals surface area contributed by atoms with E-state index in [9.17, 15) is 0 Å². The molecule has 0 spiro atoms. The van der Waals surface area contributed by atoms with Crippen LogP contribution in [0.2, 0.25) is 0 Å². The SMILES string of the molecule is BrC/C=C/c1ccc2ncccc2c1. The molecule has 2 aromatic rings. The first-order chi connectivity index (χ1) is 6.90. The molecule has 2 heteroatoms. The number of halogens is 1. The van der Waals surface area contributed by atoms with E-state index in [1.54, 1.807) is 0 Å². The summed E-state index contributed by atoms with van der Waals surface area (Å²) in [5, 5.41) is 2.07. The number of aromatic nitrogens is 1. The van der Waals surface area contributed by atoms with Gasteiger partial charge in [0.25, 0.3) is 0 Å². The van der Waals surface area contributed by atoms with Crippen LogP contribution in [0.15, 0.2) is 42.6 Å². The van der Waals surface area contributed by atoms with Crippen molar-refractivity contribution < 1.29 is 0 Å². The van der Waals surface area contributed by atoms with Crippen LogP contribution in [-0.2, 0) is 0 Å². The molecule has 0 N–H and O–H groups in total. The van der Waals surface area contributed by atoms with Crippen LogP contribution in [0, 0.1) is 0 Å². The van der Waals surface area contributed by atoms with Crippen molar-refractivity contribution in [3.63, 3.8) is 0 Å². The third-order valence-corrected chi connectivity index (χ3v) is 2.40. The number of alkyl halides is 1. The zero-order valence-electron chi connectivity index (χ0n) is 7.65. The Morgan fingerprint density at radius 2 is 2.21 bits per heavy atom. The maximum atomic E-state index is 4.27. The molecule has 1 aromatic heterocycles. The molecule has 0 fully saturated rings. The Labute approximate surface area is 91.6 Å². The minimum absolute atomic E-state index is 0.887. The predicted octanol–water partition coefficient (Wildman–Crippen LogP) is 3.64. The van der Waals surface area contributed by atoms with Crippen LogP contribution in [0.3, 0.4) is 0 Å². The molecule has 0 saturated heterocycles. The van der Waals surface area contributed by atoms with Crippen LogP contribution in [-0.4, -0.2) is 10.3 Å². The molecule has 14 heavy (non-hydrogen) atoms. The summed E-state index contributed by atoms with van der Waals surface area (Å²) in [5.74, 6) is 0. The maximum Gasteiger partial charge on any atom is 0.0702 e. The summed E-state index contributed by atoms with van der Waals surface area (Å²) in [7, 11) is 0. The molecule has 0 amide bonds. The number of hydrogen-bond donors (Lipinski definition) is 0. The summed E-state index contributed by atoms with van der Waals surface area (Å²) in [6, 6.07) is 10.3. The molecule has 1 nitrogen and oxygen atoms in total. The van der Waals surface area contributed by atoms with Gasteiger partial charge in [0.1, 0.15) is 0 Å². The lowest BCUT2D eigenvalue weighted by Crippen LogP contribution is -1.78. The van der Waals surface area contributed by atoms with Crippen molar-refractivity contribution in [3.8, 4) is 0 Å². The zero-order chi connectivity index (χ0) is 9.80. The molecule has 0 bridgehead atoms. The lowest BCUT2D eigenvalue weighted by Gasteiger charge is -1.97. The summed E-state index contributed by atoms with van der Waals surface area (Å²) in [5.41, 5.74) is 2.26. The highest BCUT2D eigenvalue weighted by Gasteiger charge is 1.93. The average Bonchev–Trinajstić information content (AvgIpc) is 2.26. The molecule has 0 aliphatic heterocycles. The van der Waals surface area contributed by atoms with Gasteiger partial charge in [-0.15, -0.1) is 0 Å². The van der Waals surface area contributed by atoms with Crippen molar-refractivity contribution >= 4 is 32.9 Å². The van der Waals surface area contributed by atoms with Crippen molar-refractivity contribution in [3.05, 3.63) is 48.2 Å². The normalized spacial score (nSPS) is 11.2. The Hall–Kier alpha value is -1.15. The van der Waals surface area contributed by atoms with Crippen LogP contribution < -0.4 is 0 Å². The van der Waals surface area contributed by atoms with E-state index in [4.69, 9.17) is 0 Å². The molecule has 0 aliphatic carbocycles. The van der Waals surface area contributed by atoms with Gasteiger partial charge >= 0.3 is 0 Å². The molecule has 0 aliphatic rings. The summed E-state index contributed by atoms with van der Waals surface area (Å²) < 4.78 is 0. The third kappa shape index (κ3) is 2.02. The first-order valence-corrected chi connectivity index (χ1v) is 5.59. The van der Waals surface area contributed by atoms with Crippen molar-refractivity contribution in [1.29, 1.82) is 0 Å². The largest absolute Gasteiger partial charge is 0.256 e. The fourth-order valence-electron chi connectivity index (χ4n) is 1.38. The van der Waals surface area contributed by atoms with Gasteiger partial charge in [-0.3, -0.25) is 4.98 Å². The van der Waals surface area contributed by atoms with E-state index < -0.39 is 0 Å². The smallest absolute Gasteiger partial charge is 0.0702 e. The fourth-order valence-corrected chi connectivity index (χ4v) is 1.57. The van der Waals surface area contributed by atoms with E-state index in [2.05, 4.69) is 51.3 Å². The van der Waals surface area contributed by atoms with Gasteiger partial charge < -0.3 is 0 Å². The lowest BCUT2D eigenvalue weighted by molar-refractivity contribution is 1.41. The second-order valence-electron chi connectivity index (χ2n) is 3.01. The van der Waals surface area contributed by atoms with Gasteiger partial charge in [-0.05, 0) is 23.8 Å². The number of hydrogen-bond acceptors (Lipinski definition) is 1. The van der Waals surface area contributed by atoms with Gasteiger partial charge in [0.15, 0.2) is 0 Å². The molecule has 0 saturated carbocycles. The van der Waals surface area contributed by atoms with Crippen LogP contribution in [0.4, 0.5) is 0 Å². The van der Waals surface area contributed by atoms with Gasteiger partial charge in [-0.1, -0.05) is 40.2 Å². The number of nitrogens with zero attached hydrogens (tertiary/aromatic N) is 1. The van der Waals surface area contributed by atoms with E-state index in [-0.39, 0.29) is 0 Å². The second-order valence-corrected chi connectivity index (χ2v) is 3.66. The lowest BCUT2D eigenvalue weighted by atomic mass is 10.1. The molecule has 0 radical (unpaired) electrons. The van der Waals surface area contributed by atoms with E-state index in [0.717, 1.165) is 10.8 Å². The highest BCUT2D eigenvalue weighted by molar-refractivity contribution is 9.09. The number of fused-ring (bicyclic) bond motifs is 1. The molecular formula is C12H10BrN. The third-order valence-electron chi connectivity index (χ3n) is 2.03. The molecule has 0 atom stereocenters. The van der Waals surface area contributed by atoms with Gasteiger partial charge in [-0.2, -0.15) is 0 Å². The number of allylic oxidation sites excluding steroid dienone is 1. The fraction of sp³-hybridized carbons (Fsp3) is 0.0833. The van der Waals surface area contributed by atoms with Crippen LogP contribution >= 0.6 is 15.9 Å². The van der Waals surface area contributed by atoms with Gasteiger partial charge in [0, 0.05) is 16.9 Å². The quantitative estimate of drug-likeness (QED) is 0.739. The van der Waals surface area contributed by atoms with Crippen LogP contribution in [0.25, 0.3) is 17.0 Å². The van der Waals surface area contributed by atoms with E-state index >= 15 is 0 Å². The standard InChI is InChI=1S/C12H10BrN/c13-7-1-3-10-5-6-12-11(9-10)4-2-8-14-12/h1-6,8-9H,7H2/b3-1+. The molecule has 70 valence electrons. The van der Waals surface area contributed by atoms with Crippen molar-refractivity contribution in [2.45, 2.75) is 0 Å². The second kappa shape index (κ2) is 4.38. The van der Waals surface area contributed by atoms with Crippen molar-refractivity contribution in [2.24, 2.45) is 0 Å². The molecule has 1 aromatic carbocycles. The molecular weight excluding hydrogens is 238 g/mol. The molecule has 2 rings (SSSR count). The Morgan fingerprint density at radius 3 is 3.07 bits per heavy atom. The topological polar surface area (TPSA) is 12.9 Å². The Balaban J connectivity index is 2.46. The average molecular weight is 248 g/mol. The monoisotopic (exact) mass is 247 g/mol. The highest BCUT2D eigenvalue weighted by atomic mass is 79.9. The Kier molecular flexibility index (Phi) is 2.94. The first kappa shape index (κ1) is 9.41. The van der Waals surface area contributed by atoms with Crippen molar-refractivity contribution in [1.82, 2.24) is 4.98 Å². The van der Waals surface area contributed by atoms with Gasteiger partial charge in [0.2, 0.25) is 0 Å². The minimum atomic E-state index is 0.887. The number of pyridine rings is 1. The van der Waals surface area contributed by atoms with E-state index in [1.165, 1.54) is 10.9 Å². The number of benzene rings is 1. The van der Waals surface area contributed by atoms with Crippen LogP contribution in [0.5, 0.6) is 0 Å². The maximum absolute atomic E-state index is 4.27. The Morgan fingerprint density at radius 1 is 1.29 bits per heavy atom. The van der Waals surface area contributed by atoms with Crippen LogP contribution in [0.1, 0.15) is 5.56 Å². The predicted molar refractivity (Wildman–Crippen MR) is 64.6 cm³/mol. The van der Waals surface area contributed by atoms with E-state index in [1.807, 2.05) is 18.3 Å². The highest BCUT2D eigenvalue weighted by Crippen LogP contribution is 2.14. The molecule has 1 heterocycles. The first-order valence-electron chi connectivity index (χ1n) is 4.47. The number of rotatable bonds is 2. The summed E-state index contributed by atoms with van der Waals surface area (Å²) in [6.45, 7) is 0. The summed E-state index contributed by atoms with van der Waals surface area (Å²) in [6.07, 6.45) is 6.00. The molecule has 0 unspecified atom stereocenters.